The van der Waals surface area contributed by atoms with Gasteiger partial charge in [0.15, 0.2) is 5.96 Å². The molecule has 1 heterocycles. The lowest BCUT2D eigenvalue weighted by Gasteiger charge is -2.23. The molecule has 1 saturated heterocycles. The van der Waals surface area contributed by atoms with Crippen molar-refractivity contribution in [3.63, 3.8) is 0 Å². The first-order valence-corrected chi connectivity index (χ1v) is 9.93. The number of nitrogens with zero attached hydrogens (tertiary/aromatic N) is 3. The van der Waals surface area contributed by atoms with E-state index in [9.17, 15) is 0 Å². The minimum absolute atomic E-state index is 0. The maximum absolute atomic E-state index is 4.92. The topological polar surface area (TPSA) is 30.9 Å². The minimum Gasteiger partial charge on any atom is -0.357 e. The fourth-order valence-corrected chi connectivity index (χ4v) is 3.84. The van der Waals surface area contributed by atoms with Gasteiger partial charge in [-0.15, -0.1) is 24.0 Å². The van der Waals surface area contributed by atoms with E-state index in [1.165, 1.54) is 37.9 Å². The first-order chi connectivity index (χ1) is 11.7. The number of hydrogen-bond acceptors (Lipinski definition) is 2. The van der Waals surface area contributed by atoms with Gasteiger partial charge in [0, 0.05) is 43.7 Å². The third-order valence-electron chi connectivity index (χ3n) is 4.94. The molecule has 1 aromatic carbocycles. The highest BCUT2D eigenvalue weighted by Crippen LogP contribution is 2.31. The number of rotatable bonds is 6. The number of nitrogens with one attached hydrogen (secondary N) is 1. The Kier molecular flexibility index (Phi) is 8.48. The zero-order valence-electron chi connectivity index (χ0n) is 15.2. The van der Waals surface area contributed by atoms with Gasteiger partial charge in [0.1, 0.15) is 0 Å². The minimum atomic E-state index is 0. The summed E-state index contributed by atoms with van der Waals surface area (Å²) in [5.74, 6) is 1.73. The monoisotopic (exact) mass is 520 g/mol. The van der Waals surface area contributed by atoms with E-state index in [-0.39, 0.29) is 24.0 Å². The largest absolute Gasteiger partial charge is 0.357 e. The molecule has 1 atom stereocenters. The predicted octanol–water partition coefficient (Wildman–Crippen LogP) is 3.95. The van der Waals surface area contributed by atoms with E-state index in [2.05, 4.69) is 69.3 Å². The molecule has 0 bridgehead atoms. The second-order valence-electron chi connectivity index (χ2n) is 7.02. The highest BCUT2D eigenvalue weighted by Gasteiger charge is 2.34. The number of hydrogen-bond donors (Lipinski definition) is 1. The molecule has 0 amide bonds. The van der Waals surface area contributed by atoms with Gasteiger partial charge < -0.3 is 15.1 Å². The van der Waals surface area contributed by atoms with Gasteiger partial charge in [-0.1, -0.05) is 34.1 Å². The molecule has 140 valence electrons. The van der Waals surface area contributed by atoms with Crippen LogP contribution in [0.5, 0.6) is 0 Å². The van der Waals surface area contributed by atoms with Gasteiger partial charge in [0.25, 0.3) is 0 Å². The second kappa shape index (κ2) is 10.1. The van der Waals surface area contributed by atoms with Gasteiger partial charge in [-0.25, -0.2) is 0 Å². The van der Waals surface area contributed by atoms with Crippen LogP contribution in [-0.4, -0.2) is 55.0 Å². The van der Waals surface area contributed by atoms with E-state index in [0.717, 1.165) is 42.0 Å². The molecule has 6 heteroatoms. The molecule has 1 aliphatic heterocycles. The number of benzene rings is 1. The molecular weight excluding hydrogens is 491 g/mol. The summed E-state index contributed by atoms with van der Waals surface area (Å²) in [6.07, 6.45) is 4.12. The summed E-state index contributed by atoms with van der Waals surface area (Å²) in [4.78, 5) is 9.81. The Morgan fingerprint density at radius 3 is 2.76 bits per heavy atom. The van der Waals surface area contributed by atoms with E-state index >= 15 is 0 Å². The average molecular weight is 521 g/mol. The normalized spacial score (nSPS) is 21.1. The summed E-state index contributed by atoms with van der Waals surface area (Å²) >= 11 is 3.64. The Labute approximate surface area is 177 Å². The maximum atomic E-state index is 4.92. The van der Waals surface area contributed by atoms with Gasteiger partial charge in [0.2, 0.25) is 0 Å². The van der Waals surface area contributed by atoms with Crippen LogP contribution in [-0.2, 0) is 6.54 Å². The summed E-state index contributed by atoms with van der Waals surface area (Å²) in [7, 11) is 2.12. The third kappa shape index (κ3) is 6.10. The van der Waals surface area contributed by atoms with E-state index < -0.39 is 0 Å². The van der Waals surface area contributed by atoms with Crippen molar-refractivity contribution in [1.82, 2.24) is 15.1 Å². The second-order valence-corrected chi connectivity index (χ2v) is 7.88. The molecule has 1 aromatic rings. The summed E-state index contributed by atoms with van der Waals surface area (Å²) in [5.41, 5.74) is 1.28. The van der Waals surface area contributed by atoms with Crippen LogP contribution in [0.2, 0.25) is 0 Å². The average Bonchev–Trinajstić information content (AvgIpc) is 3.32. The van der Waals surface area contributed by atoms with E-state index in [1.54, 1.807) is 0 Å². The zero-order chi connectivity index (χ0) is 16.9. The van der Waals surface area contributed by atoms with Gasteiger partial charge in [-0.05, 0) is 50.3 Å². The number of halogens is 2. The number of aliphatic imine (C=N–C) groups is 1. The highest BCUT2D eigenvalue weighted by atomic mass is 127. The Morgan fingerprint density at radius 2 is 2.08 bits per heavy atom. The molecule has 2 aliphatic rings. The molecule has 25 heavy (non-hydrogen) atoms. The van der Waals surface area contributed by atoms with Crippen molar-refractivity contribution in [2.45, 2.75) is 38.8 Å². The van der Waals surface area contributed by atoms with Gasteiger partial charge in [-0.2, -0.15) is 0 Å². The van der Waals surface area contributed by atoms with Crippen LogP contribution in [0.4, 0.5) is 0 Å². The SMILES string of the molecule is CCNC(=NCC1CCN(C2CC2)C1)N(C)Cc1ccccc1Br.I. The van der Waals surface area contributed by atoms with Crippen molar-refractivity contribution in [3.8, 4) is 0 Å². The van der Waals surface area contributed by atoms with Crippen LogP contribution < -0.4 is 5.32 Å². The summed E-state index contributed by atoms with van der Waals surface area (Å²) in [6, 6.07) is 9.29. The smallest absolute Gasteiger partial charge is 0.193 e. The van der Waals surface area contributed by atoms with Crippen molar-refractivity contribution in [1.29, 1.82) is 0 Å². The van der Waals surface area contributed by atoms with Crippen LogP contribution in [0, 0.1) is 5.92 Å². The summed E-state index contributed by atoms with van der Waals surface area (Å²) in [6.45, 7) is 7.33. The van der Waals surface area contributed by atoms with Crippen LogP contribution >= 0.6 is 39.9 Å². The molecule has 2 fully saturated rings. The lowest BCUT2D eigenvalue weighted by Crippen LogP contribution is -2.39. The van der Waals surface area contributed by atoms with E-state index in [1.807, 2.05) is 0 Å². The Hall–Kier alpha value is -0.340. The molecule has 1 N–H and O–H groups in total. The zero-order valence-corrected chi connectivity index (χ0v) is 19.2. The van der Waals surface area contributed by atoms with Gasteiger partial charge >= 0.3 is 0 Å². The Bertz CT molecular complexity index is 576. The summed E-state index contributed by atoms with van der Waals surface area (Å²) < 4.78 is 1.16. The van der Waals surface area contributed by atoms with Gasteiger partial charge in [-0.3, -0.25) is 4.99 Å². The van der Waals surface area contributed by atoms with Crippen LogP contribution in [0.15, 0.2) is 33.7 Å². The molecule has 0 spiro atoms. The Morgan fingerprint density at radius 1 is 1.32 bits per heavy atom. The molecule has 0 radical (unpaired) electrons. The molecule has 1 saturated carbocycles. The fraction of sp³-hybridized carbons (Fsp3) is 0.632. The standard InChI is InChI=1S/C19H29BrN4.HI/c1-3-21-19(23(2)14-16-6-4-5-7-18(16)20)22-12-15-10-11-24(13-15)17-8-9-17;/h4-7,15,17H,3,8-14H2,1-2H3,(H,21,22);1H. The molecular formula is C19H30BrIN4. The lowest BCUT2D eigenvalue weighted by molar-refractivity contribution is 0.315. The third-order valence-corrected chi connectivity index (χ3v) is 5.72. The van der Waals surface area contributed by atoms with Crippen molar-refractivity contribution in [3.05, 3.63) is 34.3 Å². The van der Waals surface area contributed by atoms with Crippen molar-refractivity contribution >= 4 is 45.9 Å². The molecule has 4 nitrogen and oxygen atoms in total. The maximum Gasteiger partial charge on any atom is 0.193 e. The quantitative estimate of drug-likeness (QED) is 0.350. The van der Waals surface area contributed by atoms with Crippen LogP contribution in [0.3, 0.4) is 0 Å². The number of likely N-dealkylation sites (tertiary alicyclic amines) is 1. The van der Waals surface area contributed by atoms with Gasteiger partial charge in [0.05, 0.1) is 0 Å². The first-order valence-electron chi connectivity index (χ1n) is 9.14. The van der Waals surface area contributed by atoms with Crippen LogP contribution in [0.1, 0.15) is 31.7 Å². The molecule has 3 rings (SSSR count). The van der Waals surface area contributed by atoms with Crippen molar-refractivity contribution < 1.29 is 0 Å². The van der Waals surface area contributed by atoms with E-state index in [4.69, 9.17) is 4.99 Å². The Balaban J connectivity index is 0.00000225. The fourth-order valence-electron chi connectivity index (χ4n) is 3.43. The van der Waals surface area contributed by atoms with E-state index in [0.29, 0.717) is 0 Å². The molecule has 0 aromatic heterocycles. The summed E-state index contributed by atoms with van der Waals surface area (Å²) in [5, 5.41) is 3.44. The van der Waals surface area contributed by atoms with Crippen molar-refractivity contribution in [2.75, 3.05) is 33.2 Å². The lowest BCUT2D eigenvalue weighted by atomic mass is 10.1. The molecule has 1 aliphatic carbocycles. The van der Waals surface area contributed by atoms with Crippen LogP contribution in [0.25, 0.3) is 0 Å². The van der Waals surface area contributed by atoms with Crippen molar-refractivity contribution in [2.24, 2.45) is 10.9 Å². The molecule has 1 unspecified atom stereocenters. The highest BCUT2D eigenvalue weighted by molar-refractivity contribution is 14.0. The predicted molar refractivity (Wildman–Crippen MR) is 120 cm³/mol. The number of guanidine groups is 1. The first kappa shape index (κ1) is 21.0.